The summed E-state index contributed by atoms with van der Waals surface area (Å²) >= 11 is 1.19. The summed E-state index contributed by atoms with van der Waals surface area (Å²) in [6.45, 7) is 4.39. The summed E-state index contributed by atoms with van der Waals surface area (Å²) in [5.41, 5.74) is -2.36. The molecule has 2 heterocycles. The molecule has 1 aromatic heterocycles. The number of hydrogen-bond donors (Lipinski definition) is 1. The van der Waals surface area contributed by atoms with Crippen LogP contribution in [0.3, 0.4) is 0 Å². The van der Waals surface area contributed by atoms with Crippen LogP contribution in [0.1, 0.15) is 37.0 Å². The number of rotatable bonds is 8. The highest BCUT2D eigenvalue weighted by molar-refractivity contribution is 7.94. The molecular formula is C27H27F3N2O5S2. The van der Waals surface area contributed by atoms with Crippen molar-refractivity contribution >= 4 is 27.1 Å². The first-order chi connectivity index (χ1) is 18.1. The molecule has 2 aromatic carbocycles. The van der Waals surface area contributed by atoms with Crippen LogP contribution in [0.25, 0.3) is 11.1 Å². The highest BCUT2D eigenvalue weighted by Gasteiger charge is 2.44. The smallest absolute Gasteiger partial charge is 0.260 e. The number of aliphatic hydroxyl groups is 1. The summed E-state index contributed by atoms with van der Waals surface area (Å²) in [5, 5.41) is 13.4. The molecule has 3 aromatic rings. The number of aromatic nitrogens is 1. The van der Waals surface area contributed by atoms with Gasteiger partial charge in [-0.25, -0.2) is 26.6 Å². The van der Waals surface area contributed by atoms with Gasteiger partial charge in [0.1, 0.15) is 16.4 Å². The molecule has 0 saturated carbocycles. The van der Waals surface area contributed by atoms with Gasteiger partial charge in [-0.05, 0) is 56.2 Å². The highest BCUT2D eigenvalue weighted by atomic mass is 32.2. The zero-order valence-corrected chi connectivity index (χ0v) is 23.2. The molecule has 0 bridgehead atoms. The summed E-state index contributed by atoms with van der Waals surface area (Å²) in [4.78, 5) is 19.7. The van der Waals surface area contributed by atoms with Crippen molar-refractivity contribution in [2.45, 2.75) is 44.6 Å². The van der Waals surface area contributed by atoms with Crippen molar-refractivity contribution in [3.63, 3.8) is 0 Å². The average Bonchev–Trinajstić information content (AvgIpc) is 3.49. The lowest BCUT2D eigenvalue weighted by Crippen LogP contribution is -2.51. The van der Waals surface area contributed by atoms with Gasteiger partial charge in [0.25, 0.3) is 5.91 Å². The van der Waals surface area contributed by atoms with E-state index in [4.69, 9.17) is 4.74 Å². The lowest BCUT2D eigenvalue weighted by molar-refractivity contribution is -0.156. The molecule has 1 amide bonds. The van der Waals surface area contributed by atoms with Gasteiger partial charge in [0.2, 0.25) is 0 Å². The van der Waals surface area contributed by atoms with E-state index >= 15 is 4.39 Å². The Morgan fingerprint density at radius 3 is 2.26 bits per heavy atom. The van der Waals surface area contributed by atoms with Gasteiger partial charge in [0, 0.05) is 23.5 Å². The van der Waals surface area contributed by atoms with Crippen molar-refractivity contribution in [2.75, 3.05) is 12.9 Å². The summed E-state index contributed by atoms with van der Waals surface area (Å²) in [7, 11) is -2.32. The van der Waals surface area contributed by atoms with E-state index in [9.17, 15) is 27.1 Å². The Balaban J connectivity index is 1.72. The lowest BCUT2D eigenvalue weighted by atomic mass is 9.90. The second kappa shape index (κ2) is 10.5. The number of methoxy groups -OCH3 is 1. The molecule has 1 aliphatic heterocycles. The maximum absolute atomic E-state index is 15.5. The number of sulfone groups is 1. The number of carbonyl (C=O) groups excluding carboxylic acids is 1. The Hall–Kier alpha value is -3.06. The third kappa shape index (κ3) is 5.93. The Kier molecular flexibility index (Phi) is 7.78. The topological polar surface area (TPSA) is 96.8 Å². The average molecular weight is 581 g/mol. The molecule has 39 heavy (non-hydrogen) atoms. The van der Waals surface area contributed by atoms with Crippen LogP contribution in [0.5, 0.6) is 0 Å². The number of benzene rings is 2. The standard InChI is InChI=1S/C27H27F3N2O5S2/c1-26(2,34)23-14-38-24(31-23)13-32(18-9-10-39(35,36)15-18)25(33)27(3,37-4)19-7-5-16(11-21(19)29)17-6-8-20(28)22(30)12-17/h5-12,14,18,34H,13,15H2,1-4H3/t18-,27+/m0/s1. The fraction of sp³-hybridized carbons (Fsp3) is 0.333. The number of nitrogens with zero attached hydrogens (tertiary/aromatic N) is 2. The second-order valence-electron chi connectivity index (χ2n) is 9.90. The number of halogens is 3. The van der Waals surface area contributed by atoms with Gasteiger partial charge in [-0.1, -0.05) is 18.2 Å². The van der Waals surface area contributed by atoms with Crippen molar-refractivity contribution < 1.29 is 36.2 Å². The first-order valence-corrected chi connectivity index (χ1v) is 14.4. The number of hydrogen-bond acceptors (Lipinski definition) is 7. The monoisotopic (exact) mass is 580 g/mol. The zero-order chi connectivity index (χ0) is 28.8. The zero-order valence-electron chi connectivity index (χ0n) is 21.6. The van der Waals surface area contributed by atoms with Gasteiger partial charge >= 0.3 is 0 Å². The van der Waals surface area contributed by atoms with Gasteiger partial charge in [-0.2, -0.15) is 0 Å². The van der Waals surface area contributed by atoms with E-state index in [0.717, 1.165) is 23.6 Å². The molecule has 0 fully saturated rings. The van der Waals surface area contributed by atoms with Gasteiger partial charge in [0.15, 0.2) is 27.1 Å². The molecule has 12 heteroatoms. The van der Waals surface area contributed by atoms with E-state index in [1.54, 1.807) is 19.2 Å². The van der Waals surface area contributed by atoms with Gasteiger partial charge in [-0.3, -0.25) is 4.79 Å². The predicted octanol–water partition coefficient (Wildman–Crippen LogP) is 4.66. The van der Waals surface area contributed by atoms with Crippen LogP contribution in [-0.2, 0) is 37.1 Å². The van der Waals surface area contributed by atoms with Crippen LogP contribution in [0.15, 0.2) is 53.3 Å². The third-order valence-corrected chi connectivity index (χ3v) is 8.82. The summed E-state index contributed by atoms with van der Waals surface area (Å²) in [5.74, 6) is -4.02. The second-order valence-corrected chi connectivity index (χ2v) is 12.8. The SMILES string of the molecule is CO[C@@](C)(C(=O)N(Cc1nc(C(C)(C)O)cs1)[C@H]1C=CS(=O)(=O)C1)c1ccc(-c2ccc(F)c(F)c2)cc1F. The Morgan fingerprint density at radius 2 is 1.74 bits per heavy atom. The van der Waals surface area contributed by atoms with E-state index in [2.05, 4.69) is 4.98 Å². The van der Waals surface area contributed by atoms with E-state index in [-0.39, 0.29) is 29.0 Å². The molecule has 1 aliphatic rings. The summed E-state index contributed by atoms with van der Waals surface area (Å²) < 4.78 is 72.6. The normalized spacial score (nSPS) is 18.2. The number of amides is 1. The molecule has 7 nitrogen and oxygen atoms in total. The van der Waals surface area contributed by atoms with Gasteiger partial charge in [-0.15, -0.1) is 11.3 Å². The van der Waals surface area contributed by atoms with E-state index in [1.807, 2.05) is 0 Å². The predicted molar refractivity (Wildman–Crippen MR) is 141 cm³/mol. The Bertz CT molecular complexity index is 1550. The Morgan fingerprint density at radius 1 is 1.10 bits per heavy atom. The van der Waals surface area contributed by atoms with Crippen molar-refractivity contribution in [2.24, 2.45) is 0 Å². The van der Waals surface area contributed by atoms with Gasteiger partial charge in [0.05, 0.1) is 24.0 Å². The first-order valence-electron chi connectivity index (χ1n) is 11.8. The molecule has 0 aliphatic carbocycles. The van der Waals surface area contributed by atoms with Crippen molar-refractivity contribution in [3.8, 4) is 11.1 Å². The maximum Gasteiger partial charge on any atom is 0.260 e. The fourth-order valence-electron chi connectivity index (χ4n) is 4.25. The molecule has 1 N–H and O–H groups in total. The molecule has 4 rings (SSSR count). The number of ether oxygens (including phenoxy) is 1. The minimum absolute atomic E-state index is 0.113. The minimum Gasteiger partial charge on any atom is -0.384 e. The lowest BCUT2D eigenvalue weighted by Gasteiger charge is -2.36. The van der Waals surface area contributed by atoms with E-state index in [1.165, 1.54) is 54.5 Å². The first kappa shape index (κ1) is 28.9. The van der Waals surface area contributed by atoms with Gasteiger partial charge < -0.3 is 14.7 Å². The molecule has 208 valence electrons. The van der Waals surface area contributed by atoms with Crippen molar-refractivity contribution in [1.82, 2.24) is 9.88 Å². The quantitative estimate of drug-likeness (QED) is 0.417. The number of carbonyl (C=O) groups is 1. The van der Waals surface area contributed by atoms with Crippen LogP contribution < -0.4 is 0 Å². The molecular weight excluding hydrogens is 553 g/mol. The van der Waals surface area contributed by atoms with Crippen LogP contribution in [0.2, 0.25) is 0 Å². The highest BCUT2D eigenvalue weighted by Crippen LogP contribution is 2.35. The molecule has 0 spiro atoms. The van der Waals surface area contributed by atoms with Crippen LogP contribution in [0, 0.1) is 17.5 Å². The van der Waals surface area contributed by atoms with Crippen LogP contribution in [-0.4, -0.2) is 48.2 Å². The van der Waals surface area contributed by atoms with Crippen LogP contribution in [0.4, 0.5) is 13.2 Å². The molecule has 0 unspecified atom stereocenters. The van der Waals surface area contributed by atoms with Crippen molar-refractivity contribution in [1.29, 1.82) is 0 Å². The maximum atomic E-state index is 15.5. The van der Waals surface area contributed by atoms with E-state index in [0.29, 0.717) is 10.7 Å². The molecule has 2 atom stereocenters. The molecule has 0 radical (unpaired) electrons. The fourth-order valence-corrected chi connectivity index (χ4v) is 6.50. The summed E-state index contributed by atoms with van der Waals surface area (Å²) in [6, 6.07) is 6.18. The number of thiazole rings is 1. The summed E-state index contributed by atoms with van der Waals surface area (Å²) in [6.07, 6.45) is 1.39. The van der Waals surface area contributed by atoms with Crippen LogP contribution >= 0.6 is 11.3 Å². The third-order valence-electron chi connectivity index (χ3n) is 6.61. The molecule has 0 saturated heterocycles. The van der Waals surface area contributed by atoms with Crippen molar-refractivity contribution in [3.05, 3.63) is 87.0 Å². The largest absolute Gasteiger partial charge is 0.384 e. The minimum atomic E-state index is -3.56. The van der Waals surface area contributed by atoms with E-state index < -0.39 is 50.4 Å². The Labute approximate surface area is 228 Å².